The van der Waals surface area contributed by atoms with E-state index in [0.29, 0.717) is 31.0 Å². The Kier molecular flexibility index (Phi) is 6.31. The van der Waals surface area contributed by atoms with Crippen molar-refractivity contribution < 1.29 is 19.4 Å². The normalized spacial score (nSPS) is 12.2. The van der Waals surface area contributed by atoms with Crippen LogP contribution >= 0.6 is 0 Å². The van der Waals surface area contributed by atoms with Crippen molar-refractivity contribution in [3.8, 4) is 11.5 Å². The second kappa shape index (κ2) is 7.75. The number of hydrogen-bond acceptors (Lipinski definition) is 4. The molecular weight excluding hydrogens is 258 g/mol. The minimum atomic E-state index is -0.802. The molecule has 0 saturated carbocycles. The summed E-state index contributed by atoms with van der Waals surface area (Å²) >= 11 is 0. The van der Waals surface area contributed by atoms with Gasteiger partial charge in [-0.1, -0.05) is 19.9 Å². The molecule has 0 aliphatic carbocycles. The molecule has 20 heavy (non-hydrogen) atoms. The van der Waals surface area contributed by atoms with E-state index in [0.717, 1.165) is 5.56 Å². The van der Waals surface area contributed by atoms with Crippen LogP contribution in [0.1, 0.15) is 19.4 Å². The van der Waals surface area contributed by atoms with Crippen molar-refractivity contribution >= 4 is 5.97 Å². The van der Waals surface area contributed by atoms with Gasteiger partial charge in [0.1, 0.15) is 6.04 Å². The van der Waals surface area contributed by atoms with Crippen molar-refractivity contribution in [3.05, 3.63) is 23.8 Å². The van der Waals surface area contributed by atoms with Gasteiger partial charge in [-0.2, -0.15) is 0 Å². The summed E-state index contributed by atoms with van der Waals surface area (Å²) < 4.78 is 10.4. The number of methoxy groups -OCH3 is 2. The molecule has 5 heteroatoms. The van der Waals surface area contributed by atoms with Crippen LogP contribution in [0.2, 0.25) is 0 Å². The molecule has 1 aromatic carbocycles. The Bertz CT molecular complexity index is 443. The number of rotatable bonds is 8. The van der Waals surface area contributed by atoms with Crippen molar-refractivity contribution in [2.45, 2.75) is 26.3 Å². The average molecular weight is 281 g/mol. The maximum Gasteiger partial charge on any atom is 0.321 e. The third-order valence-corrected chi connectivity index (χ3v) is 3.42. The fourth-order valence-corrected chi connectivity index (χ4v) is 2.27. The van der Waals surface area contributed by atoms with Crippen LogP contribution in [-0.4, -0.2) is 49.3 Å². The van der Waals surface area contributed by atoms with E-state index in [4.69, 9.17) is 9.47 Å². The Morgan fingerprint density at radius 3 is 2.25 bits per heavy atom. The first-order valence-electron chi connectivity index (χ1n) is 6.75. The van der Waals surface area contributed by atoms with Crippen LogP contribution in [0.25, 0.3) is 0 Å². The molecule has 1 N–H and O–H groups in total. The first kappa shape index (κ1) is 16.3. The maximum absolute atomic E-state index is 11.4. The Morgan fingerprint density at radius 2 is 1.80 bits per heavy atom. The number of carbonyl (C=O) groups is 1. The maximum atomic E-state index is 11.4. The molecule has 0 amide bonds. The molecule has 0 saturated heterocycles. The molecule has 1 unspecified atom stereocenters. The van der Waals surface area contributed by atoms with E-state index in [1.165, 1.54) is 0 Å². The van der Waals surface area contributed by atoms with Crippen LogP contribution in [0.4, 0.5) is 0 Å². The van der Waals surface area contributed by atoms with E-state index in [9.17, 15) is 9.90 Å². The van der Waals surface area contributed by atoms with Crippen molar-refractivity contribution in [3.63, 3.8) is 0 Å². The van der Waals surface area contributed by atoms with Gasteiger partial charge < -0.3 is 14.6 Å². The van der Waals surface area contributed by atoms with Gasteiger partial charge in [-0.3, -0.25) is 9.69 Å². The highest BCUT2D eigenvalue weighted by molar-refractivity contribution is 5.74. The minimum absolute atomic E-state index is 0.442. The summed E-state index contributed by atoms with van der Waals surface area (Å²) in [5.74, 6) is 0.461. The lowest BCUT2D eigenvalue weighted by atomic mass is 10.0. The van der Waals surface area contributed by atoms with Crippen LogP contribution < -0.4 is 9.47 Å². The molecule has 0 fully saturated rings. The van der Waals surface area contributed by atoms with Crippen molar-refractivity contribution in [1.82, 2.24) is 4.90 Å². The summed E-state index contributed by atoms with van der Waals surface area (Å²) in [5.41, 5.74) is 0.918. The summed E-state index contributed by atoms with van der Waals surface area (Å²) in [7, 11) is 3.15. The summed E-state index contributed by atoms with van der Waals surface area (Å²) in [6, 6.07) is 4.98. The number of hydrogen-bond donors (Lipinski definition) is 1. The molecule has 0 radical (unpaired) electrons. The van der Waals surface area contributed by atoms with Gasteiger partial charge >= 0.3 is 5.97 Å². The van der Waals surface area contributed by atoms with Crippen LogP contribution in [0.5, 0.6) is 11.5 Å². The largest absolute Gasteiger partial charge is 0.493 e. The standard InChI is InChI=1S/C15H23NO4/c1-5-16(6-2)12(15(17)18)9-11-7-8-13(19-3)14(10-11)20-4/h7-8,10,12H,5-6,9H2,1-4H3,(H,17,18). The van der Waals surface area contributed by atoms with Gasteiger partial charge in [-0.25, -0.2) is 0 Å². The third-order valence-electron chi connectivity index (χ3n) is 3.42. The molecule has 0 spiro atoms. The molecule has 1 rings (SSSR count). The predicted molar refractivity (Wildman–Crippen MR) is 77.6 cm³/mol. The Hall–Kier alpha value is -1.75. The van der Waals surface area contributed by atoms with Gasteiger partial charge in [0.25, 0.3) is 0 Å². The van der Waals surface area contributed by atoms with Crippen LogP contribution in [-0.2, 0) is 11.2 Å². The van der Waals surface area contributed by atoms with Gasteiger partial charge in [-0.15, -0.1) is 0 Å². The molecule has 1 aromatic rings. The van der Waals surface area contributed by atoms with Crippen molar-refractivity contribution in [2.24, 2.45) is 0 Å². The quantitative estimate of drug-likeness (QED) is 0.790. The van der Waals surface area contributed by atoms with Crippen LogP contribution in [0.3, 0.4) is 0 Å². The monoisotopic (exact) mass is 281 g/mol. The smallest absolute Gasteiger partial charge is 0.321 e. The first-order chi connectivity index (χ1) is 9.57. The molecule has 0 heterocycles. The van der Waals surface area contributed by atoms with Gasteiger partial charge in [0.2, 0.25) is 0 Å². The lowest BCUT2D eigenvalue weighted by molar-refractivity contribution is -0.143. The number of carboxylic acid groups (broad SMARTS) is 1. The number of likely N-dealkylation sites (N-methyl/N-ethyl adjacent to an activating group) is 1. The molecule has 5 nitrogen and oxygen atoms in total. The SMILES string of the molecule is CCN(CC)C(Cc1ccc(OC)c(OC)c1)C(=O)O. The third kappa shape index (κ3) is 3.87. The zero-order valence-corrected chi connectivity index (χ0v) is 12.5. The average Bonchev–Trinajstić information content (AvgIpc) is 2.46. The molecule has 0 aromatic heterocycles. The molecule has 112 valence electrons. The van der Waals surface area contributed by atoms with Gasteiger partial charge in [0.05, 0.1) is 14.2 Å². The fraction of sp³-hybridized carbons (Fsp3) is 0.533. The second-order valence-electron chi connectivity index (χ2n) is 4.47. The number of benzene rings is 1. The number of carboxylic acids is 1. The lowest BCUT2D eigenvalue weighted by Crippen LogP contribution is -2.42. The Morgan fingerprint density at radius 1 is 1.20 bits per heavy atom. The lowest BCUT2D eigenvalue weighted by Gasteiger charge is -2.26. The van der Waals surface area contributed by atoms with E-state index in [-0.39, 0.29) is 0 Å². The van der Waals surface area contributed by atoms with Gasteiger partial charge in [0, 0.05) is 0 Å². The minimum Gasteiger partial charge on any atom is -0.493 e. The highest BCUT2D eigenvalue weighted by Gasteiger charge is 2.24. The topological polar surface area (TPSA) is 59.0 Å². The molecular formula is C15H23NO4. The summed E-state index contributed by atoms with van der Waals surface area (Å²) in [4.78, 5) is 13.4. The molecule has 0 aliphatic heterocycles. The Balaban J connectivity index is 2.96. The van der Waals surface area contributed by atoms with E-state index in [1.54, 1.807) is 20.3 Å². The Labute approximate surface area is 120 Å². The van der Waals surface area contributed by atoms with Gasteiger partial charge in [-0.05, 0) is 37.2 Å². The van der Waals surface area contributed by atoms with Crippen molar-refractivity contribution in [1.29, 1.82) is 0 Å². The summed E-state index contributed by atoms with van der Waals surface area (Å²) in [6.45, 7) is 5.35. The number of nitrogens with zero attached hydrogens (tertiary/aromatic N) is 1. The van der Waals surface area contributed by atoms with E-state index < -0.39 is 12.0 Å². The number of aliphatic carboxylic acids is 1. The molecule has 0 bridgehead atoms. The highest BCUT2D eigenvalue weighted by atomic mass is 16.5. The van der Waals surface area contributed by atoms with Crippen LogP contribution in [0, 0.1) is 0 Å². The van der Waals surface area contributed by atoms with E-state index in [2.05, 4.69) is 0 Å². The molecule has 1 atom stereocenters. The predicted octanol–water partition coefficient (Wildman–Crippen LogP) is 2.04. The van der Waals surface area contributed by atoms with Gasteiger partial charge in [0.15, 0.2) is 11.5 Å². The number of ether oxygens (including phenoxy) is 2. The molecule has 0 aliphatic rings. The van der Waals surface area contributed by atoms with E-state index >= 15 is 0 Å². The first-order valence-corrected chi connectivity index (χ1v) is 6.75. The zero-order chi connectivity index (χ0) is 15.1. The van der Waals surface area contributed by atoms with Crippen molar-refractivity contribution in [2.75, 3.05) is 27.3 Å². The second-order valence-corrected chi connectivity index (χ2v) is 4.47. The fourth-order valence-electron chi connectivity index (χ4n) is 2.27. The van der Waals surface area contributed by atoms with Crippen LogP contribution in [0.15, 0.2) is 18.2 Å². The summed E-state index contributed by atoms with van der Waals surface area (Å²) in [6.07, 6.45) is 0.442. The summed E-state index contributed by atoms with van der Waals surface area (Å²) in [5, 5.41) is 9.40. The zero-order valence-electron chi connectivity index (χ0n) is 12.5. The van der Waals surface area contributed by atoms with E-state index in [1.807, 2.05) is 30.9 Å². The highest BCUT2D eigenvalue weighted by Crippen LogP contribution is 2.28.